The van der Waals surface area contributed by atoms with Gasteiger partial charge in [0.05, 0.1) is 0 Å². The molecule has 0 radical (unpaired) electrons. The third kappa shape index (κ3) is 2.02. The Morgan fingerprint density at radius 3 is 2.29 bits per heavy atom. The van der Waals surface area contributed by atoms with Gasteiger partial charge in [0.2, 0.25) is 0 Å². The Balaban J connectivity index is 2.15. The van der Waals surface area contributed by atoms with Gasteiger partial charge in [-0.15, -0.1) is 0 Å². The molecule has 0 saturated carbocycles. The fraction of sp³-hybridized carbons (Fsp3) is 0. The zero-order chi connectivity index (χ0) is 15.1. The maximum atomic E-state index is 12.4. The number of aromatic nitrogens is 1. The van der Waals surface area contributed by atoms with Crippen molar-refractivity contribution >= 4 is 16.7 Å². The van der Waals surface area contributed by atoms with Crippen LogP contribution in [0.3, 0.4) is 0 Å². The van der Waals surface area contributed by atoms with Crippen molar-refractivity contribution in [2.75, 3.05) is 0 Å². The number of aromatic amines is 1. The Bertz CT molecular complexity index is 843. The van der Waals surface area contributed by atoms with Crippen molar-refractivity contribution in [3.63, 3.8) is 0 Å². The summed E-state index contributed by atoms with van der Waals surface area (Å²) in [5, 5.41) is 38.3. The number of ketones is 1. The highest BCUT2D eigenvalue weighted by molar-refractivity contribution is 6.16. The van der Waals surface area contributed by atoms with Gasteiger partial charge >= 0.3 is 0 Å². The lowest BCUT2D eigenvalue weighted by Crippen LogP contribution is -2.00. The van der Waals surface area contributed by atoms with E-state index in [2.05, 4.69) is 4.98 Å². The molecule has 0 bridgehead atoms. The van der Waals surface area contributed by atoms with Gasteiger partial charge in [-0.05, 0) is 30.3 Å². The quantitative estimate of drug-likeness (QED) is 0.366. The van der Waals surface area contributed by atoms with Gasteiger partial charge in [-0.2, -0.15) is 0 Å². The number of carbonyl (C=O) groups excluding carboxylic acids is 1. The van der Waals surface area contributed by atoms with Gasteiger partial charge in [0.15, 0.2) is 23.0 Å². The summed E-state index contributed by atoms with van der Waals surface area (Å²) in [4.78, 5) is 15.3. The molecule has 2 aromatic carbocycles. The Morgan fingerprint density at radius 2 is 1.62 bits per heavy atom. The number of rotatable bonds is 2. The molecule has 5 N–H and O–H groups in total. The minimum Gasteiger partial charge on any atom is -0.508 e. The van der Waals surface area contributed by atoms with E-state index < -0.39 is 23.0 Å². The minimum atomic E-state index is -0.678. The number of aromatic hydroxyl groups is 4. The predicted octanol–water partition coefficient (Wildman–Crippen LogP) is 2.22. The van der Waals surface area contributed by atoms with Crippen molar-refractivity contribution in [1.82, 2.24) is 4.98 Å². The van der Waals surface area contributed by atoms with Crippen molar-refractivity contribution < 1.29 is 25.2 Å². The number of phenols is 4. The van der Waals surface area contributed by atoms with Crippen molar-refractivity contribution in [1.29, 1.82) is 0 Å². The normalized spacial score (nSPS) is 10.9. The molecule has 0 fully saturated rings. The van der Waals surface area contributed by atoms with E-state index in [1.807, 2.05) is 0 Å². The molecule has 106 valence electrons. The van der Waals surface area contributed by atoms with Crippen LogP contribution in [0, 0.1) is 0 Å². The Kier molecular flexibility index (Phi) is 2.72. The largest absolute Gasteiger partial charge is 0.508 e. The molecule has 0 aliphatic carbocycles. The van der Waals surface area contributed by atoms with E-state index in [0.717, 1.165) is 12.1 Å². The molecule has 0 aliphatic heterocycles. The van der Waals surface area contributed by atoms with Gasteiger partial charge in [0.1, 0.15) is 5.75 Å². The van der Waals surface area contributed by atoms with Crippen molar-refractivity contribution in [3.05, 3.63) is 47.7 Å². The molecular formula is C15H11NO5. The molecule has 0 saturated heterocycles. The maximum Gasteiger partial charge on any atom is 0.200 e. The molecule has 1 heterocycles. The third-order valence-corrected chi connectivity index (χ3v) is 3.24. The maximum absolute atomic E-state index is 12.4. The van der Waals surface area contributed by atoms with Crippen LogP contribution in [0.1, 0.15) is 15.9 Å². The van der Waals surface area contributed by atoms with Crippen molar-refractivity contribution in [2.24, 2.45) is 0 Å². The highest BCUT2D eigenvalue weighted by Crippen LogP contribution is 2.36. The second-order valence-corrected chi connectivity index (χ2v) is 4.62. The number of hydrogen-bond donors (Lipinski definition) is 5. The topological polar surface area (TPSA) is 114 Å². The number of phenolic OH excluding ortho intramolecular Hbond substituents is 4. The van der Waals surface area contributed by atoms with Crippen LogP contribution in [0.5, 0.6) is 23.0 Å². The summed E-state index contributed by atoms with van der Waals surface area (Å²) in [6.07, 6.45) is 1.48. The van der Waals surface area contributed by atoms with Crippen LogP contribution in [0.4, 0.5) is 0 Å². The van der Waals surface area contributed by atoms with Crippen LogP contribution in [0.2, 0.25) is 0 Å². The zero-order valence-corrected chi connectivity index (χ0v) is 10.7. The Morgan fingerprint density at radius 1 is 0.952 bits per heavy atom. The summed E-state index contributed by atoms with van der Waals surface area (Å²) in [5.41, 5.74) is 0.973. The van der Waals surface area contributed by atoms with Gasteiger partial charge in [0, 0.05) is 28.2 Å². The second-order valence-electron chi connectivity index (χ2n) is 4.62. The number of benzene rings is 2. The molecule has 3 rings (SSSR count). The van der Waals surface area contributed by atoms with E-state index in [1.54, 1.807) is 6.07 Å². The number of nitrogens with one attached hydrogen (secondary N) is 1. The fourth-order valence-electron chi connectivity index (χ4n) is 2.19. The van der Waals surface area contributed by atoms with Crippen LogP contribution in [-0.2, 0) is 0 Å². The van der Waals surface area contributed by atoms with Crippen molar-refractivity contribution in [2.45, 2.75) is 0 Å². The van der Waals surface area contributed by atoms with Gasteiger partial charge in [-0.25, -0.2) is 0 Å². The van der Waals surface area contributed by atoms with Gasteiger partial charge in [-0.3, -0.25) is 4.79 Å². The molecule has 6 nitrogen and oxygen atoms in total. The van der Waals surface area contributed by atoms with E-state index in [4.69, 9.17) is 0 Å². The van der Waals surface area contributed by atoms with Gasteiger partial charge in [-0.1, -0.05) is 0 Å². The van der Waals surface area contributed by atoms with Crippen LogP contribution in [0.15, 0.2) is 36.5 Å². The van der Waals surface area contributed by atoms with Crippen molar-refractivity contribution in [3.8, 4) is 23.0 Å². The summed E-state index contributed by atoms with van der Waals surface area (Å²) in [7, 11) is 0. The third-order valence-electron chi connectivity index (χ3n) is 3.24. The molecule has 21 heavy (non-hydrogen) atoms. The zero-order valence-electron chi connectivity index (χ0n) is 10.7. The first-order chi connectivity index (χ1) is 9.97. The minimum absolute atomic E-state index is 0.0204. The summed E-state index contributed by atoms with van der Waals surface area (Å²) >= 11 is 0. The Hall–Kier alpha value is -3.15. The number of carbonyl (C=O) groups is 1. The SMILES string of the molecule is O=C(c1cc(O)c(O)c(O)c1)c1c[nH]c2ccc(O)cc12. The lowest BCUT2D eigenvalue weighted by molar-refractivity contribution is 0.103. The Labute approximate surface area is 118 Å². The summed E-state index contributed by atoms with van der Waals surface area (Å²) in [5.74, 6) is -2.28. The van der Waals surface area contributed by atoms with Crippen LogP contribution >= 0.6 is 0 Å². The molecule has 3 aromatic rings. The first kappa shape index (κ1) is 12.9. The van der Waals surface area contributed by atoms with E-state index in [9.17, 15) is 25.2 Å². The molecule has 0 unspecified atom stereocenters. The molecule has 6 heteroatoms. The van der Waals surface area contributed by atoms with Crippen LogP contribution in [0.25, 0.3) is 10.9 Å². The fourth-order valence-corrected chi connectivity index (χ4v) is 2.19. The molecule has 0 aliphatic rings. The number of fused-ring (bicyclic) bond motifs is 1. The lowest BCUT2D eigenvalue weighted by atomic mass is 10.0. The molecule has 0 amide bonds. The molecule has 0 atom stereocenters. The number of H-pyrrole nitrogens is 1. The van der Waals surface area contributed by atoms with Gasteiger partial charge < -0.3 is 25.4 Å². The molecule has 1 aromatic heterocycles. The monoisotopic (exact) mass is 285 g/mol. The average Bonchev–Trinajstić information content (AvgIpc) is 2.86. The van der Waals surface area contributed by atoms with E-state index in [-0.39, 0.29) is 16.9 Å². The average molecular weight is 285 g/mol. The van der Waals surface area contributed by atoms with E-state index >= 15 is 0 Å². The smallest absolute Gasteiger partial charge is 0.200 e. The summed E-state index contributed by atoms with van der Waals surface area (Å²) in [6, 6.07) is 6.70. The first-order valence-corrected chi connectivity index (χ1v) is 6.07. The standard InChI is InChI=1S/C15H11NO5/c17-8-1-2-11-9(5-8)10(6-16-11)14(20)7-3-12(18)15(21)13(19)4-7/h1-6,16-19,21H. The predicted molar refractivity (Wildman–Crippen MR) is 74.8 cm³/mol. The highest BCUT2D eigenvalue weighted by Gasteiger charge is 2.18. The van der Waals surface area contributed by atoms with Gasteiger partial charge in [0.25, 0.3) is 0 Å². The van der Waals surface area contributed by atoms with Crippen LogP contribution < -0.4 is 0 Å². The summed E-state index contributed by atoms with van der Waals surface area (Å²) < 4.78 is 0. The van der Waals surface area contributed by atoms with Crippen LogP contribution in [-0.4, -0.2) is 31.2 Å². The van der Waals surface area contributed by atoms with E-state index in [0.29, 0.717) is 10.9 Å². The second kappa shape index (κ2) is 4.45. The molecule has 0 spiro atoms. The highest BCUT2D eigenvalue weighted by atomic mass is 16.3. The number of hydrogen-bond acceptors (Lipinski definition) is 5. The summed E-state index contributed by atoms with van der Waals surface area (Å²) in [6.45, 7) is 0. The first-order valence-electron chi connectivity index (χ1n) is 6.07. The molecular weight excluding hydrogens is 274 g/mol. The van der Waals surface area contributed by atoms with E-state index in [1.165, 1.54) is 18.3 Å². The lowest BCUT2D eigenvalue weighted by Gasteiger charge is -2.05.